The van der Waals surface area contributed by atoms with Crippen LogP contribution >= 0.6 is 0 Å². The molecule has 0 spiro atoms. The number of aliphatic carboxylic acids is 1. The van der Waals surface area contributed by atoms with E-state index in [-0.39, 0.29) is 31.5 Å². The van der Waals surface area contributed by atoms with Crippen molar-refractivity contribution in [2.75, 3.05) is 26.3 Å². The smallest absolute Gasteiger partial charge is 0.313 e. The molecule has 0 amide bonds. The first-order valence-corrected chi connectivity index (χ1v) is 9.36. The van der Waals surface area contributed by atoms with Crippen LogP contribution in [-0.2, 0) is 14.3 Å². The summed E-state index contributed by atoms with van der Waals surface area (Å²) < 4.78 is 5.25. The van der Waals surface area contributed by atoms with E-state index in [4.69, 9.17) is 14.9 Å². The first-order valence-electron chi connectivity index (χ1n) is 9.36. The van der Waals surface area contributed by atoms with Crippen molar-refractivity contribution in [3.8, 4) is 0 Å². The van der Waals surface area contributed by atoms with Gasteiger partial charge in [0.1, 0.15) is 12.3 Å². The Labute approximate surface area is 150 Å². The van der Waals surface area contributed by atoms with Crippen LogP contribution in [0, 0.1) is 0 Å². The zero-order valence-electron chi connectivity index (χ0n) is 15.3. The number of hydrogen-bond donors (Lipinski definition) is 2. The van der Waals surface area contributed by atoms with Gasteiger partial charge in [0.05, 0.1) is 25.7 Å². The zero-order chi connectivity index (χ0) is 18.5. The Morgan fingerprint density at radius 2 is 1.88 bits per heavy atom. The van der Waals surface area contributed by atoms with E-state index in [0.717, 1.165) is 12.8 Å². The van der Waals surface area contributed by atoms with Gasteiger partial charge >= 0.3 is 11.9 Å². The molecule has 1 unspecified atom stereocenters. The summed E-state index contributed by atoms with van der Waals surface area (Å²) >= 11 is 0. The van der Waals surface area contributed by atoms with E-state index in [2.05, 4.69) is 11.9 Å². The molecule has 0 radical (unpaired) electrons. The Morgan fingerprint density at radius 1 is 1.20 bits per heavy atom. The van der Waals surface area contributed by atoms with Crippen LogP contribution in [0.25, 0.3) is 0 Å². The second-order valence-electron chi connectivity index (χ2n) is 6.49. The van der Waals surface area contributed by atoms with Gasteiger partial charge in [0.25, 0.3) is 0 Å². The van der Waals surface area contributed by atoms with Crippen LogP contribution in [0.3, 0.4) is 0 Å². The number of nitrogens with zero attached hydrogens (tertiary/aromatic N) is 2. The fourth-order valence-corrected chi connectivity index (χ4v) is 2.93. The molecule has 0 aromatic heterocycles. The first-order chi connectivity index (χ1) is 12.1. The molecule has 1 heterocycles. The van der Waals surface area contributed by atoms with Crippen molar-refractivity contribution in [2.45, 2.75) is 70.8 Å². The molecule has 0 aromatic carbocycles. The number of aliphatic imine (C=N–C) groups is 1. The molecule has 0 aromatic rings. The summed E-state index contributed by atoms with van der Waals surface area (Å²) in [6.07, 6.45) is 8.10. The van der Waals surface area contributed by atoms with E-state index in [1.54, 1.807) is 4.90 Å². The molecule has 144 valence electrons. The second-order valence-corrected chi connectivity index (χ2v) is 6.49. The number of aliphatic hydroxyl groups excluding tert-OH is 1. The Hall–Kier alpha value is -1.63. The van der Waals surface area contributed by atoms with E-state index in [1.807, 2.05) is 0 Å². The van der Waals surface area contributed by atoms with Gasteiger partial charge in [-0.3, -0.25) is 14.6 Å². The van der Waals surface area contributed by atoms with E-state index >= 15 is 0 Å². The molecule has 1 aliphatic heterocycles. The molecule has 1 rings (SSSR count). The molecule has 7 nitrogen and oxygen atoms in total. The Balaban J connectivity index is 2.25. The van der Waals surface area contributed by atoms with Crippen LogP contribution in [0.2, 0.25) is 0 Å². The van der Waals surface area contributed by atoms with Gasteiger partial charge in [-0.15, -0.1) is 0 Å². The summed E-state index contributed by atoms with van der Waals surface area (Å²) in [5, 5.41) is 18.0. The Bertz CT molecular complexity index is 439. The van der Waals surface area contributed by atoms with Crippen LogP contribution in [0.15, 0.2) is 4.99 Å². The highest BCUT2D eigenvalue weighted by Crippen LogP contribution is 2.15. The van der Waals surface area contributed by atoms with Crippen molar-refractivity contribution >= 4 is 17.8 Å². The third kappa shape index (κ3) is 9.43. The zero-order valence-corrected chi connectivity index (χ0v) is 15.3. The molecule has 0 saturated heterocycles. The lowest BCUT2D eigenvalue weighted by Crippen LogP contribution is -2.33. The number of carbonyl (C=O) groups is 2. The van der Waals surface area contributed by atoms with Crippen molar-refractivity contribution in [3.05, 3.63) is 0 Å². The monoisotopic (exact) mass is 356 g/mol. The minimum absolute atomic E-state index is 0.0343. The number of carboxylic acids is 1. The summed E-state index contributed by atoms with van der Waals surface area (Å²) in [6.45, 7) is 3.32. The normalized spacial score (nSPS) is 16.8. The van der Waals surface area contributed by atoms with Gasteiger partial charge in [-0.2, -0.15) is 0 Å². The summed E-state index contributed by atoms with van der Waals surface area (Å²) in [7, 11) is 0. The molecular weight excluding hydrogens is 324 g/mol. The average Bonchev–Trinajstić information content (AvgIpc) is 2.90. The number of hydrogen-bond acceptors (Lipinski definition) is 6. The SMILES string of the molecule is CCCCCCCCCOC(=O)CC1=NC(CC(=O)O)CN1CCO. The summed E-state index contributed by atoms with van der Waals surface area (Å²) in [6, 6.07) is -0.366. The number of ether oxygens (including phenoxy) is 1. The number of amidine groups is 1. The largest absolute Gasteiger partial charge is 0.481 e. The van der Waals surface area contributed by atoms with Gasteiger partial charge in [0.2, 0.25) is 0 Å². The summed E-state index contributed by atoms with van der Waals surface area (Å²) in [5.41, 5.74) is 0. The third-order valence-electron chi connectivity index (χ3n) is 4.22. The lowest BCUT2D eigenvalue weighted by molar-refractivity contribution is -0.142. The molecular formula is C18H32N2O5. The van der Waals surface area contributed by atoms with Gasteiger partial charge in [-0.05, 0) is 6.42 Å². The lowest BCUT2D eigenvalue weighted by atomic mass is 10.1. The maximum atomic E-state index is 11.9. The van der Waals surface area contributed by atoms with E-state index < -0.39 is 5.97 Å². The van der Waals surface area contributed by atoms with Crippen molar-refractivity contribution in [2.24, 2.45) is 4.99 Å². The fraction of sp³-hybridized carbons (Fsp3) is 0.833. The number of carbonyl (C=O) groups excluding carboxylic acids is 1. The predicted molar refractivity (Wildman–Crippen MR) is 95.7 cm³/mol. The van der Waals surface area contributed by atoms with Crippen molar-refractivity contribution in [3.63, 3.8) is 0 Å². The minimum Gasteiger partial charge on any atom is -0.481 e. The average molecular weight is 356 g/mol. The van der Waals surface area contributed by atoms with E-state index in [1.165, 1.54) is 32.1 Å². The van der Waals surface area contributed by atoms with Crippen LogP contribution in [0.1, 0.15) is 64.7 Å². The number of esters is 1. The Morgan fingerprint density at radius 3 is 2.52 bits per heavy atom. The molecule has 0 aliphatic carbocycles. The molecule has 1 atom stereocenters. The molecule has 2 N–H and O–H groups in total. The number of unbranched alkanes of at least 4 members (excludes halogenated alkanes) is 6. The topological polar surface area (TPSA) is 99.4 Å². The van der Waals surface area contributed by atoms with Crippen molar-refractivity contribution in [1.82, 2.24) is 4.90 Å². The van der Waals surface area contributed by atoms with E-state index in [9.17, 15) is 9.59 Å². The summed E-state index contributed by atoms with van der Waals surface area (Å²) in [4.78, 5) is 28.8. The third-order valence-corrected chi connectivity index (χ3v) is 4.22. The van der Waals surface area contributed by atoms with Gasteiger partial charge < -0.3 is 19.8 Å². The second kappa shape index (κ2) is 12.7. The Kier molecular flexibility index (Phi) is 10.9. The fourth-order valence-electron chi connectivity index (χ4n) is 2.93. The molecule has 0 fully saturated rings. The minimum atomic E-state index is -0.916. The number of rotatable bonds is 14. The lowest BCUT2D eigenvalue weighted by Gasteiger charge is -2.19. The molecule has 0 bridgehead atoms. The number of carboxylic acid groups (broad SMARTS) is 1. The van der Waals surface area contributed by atoms with Gasteiger partial charge in [-0.25, -0.2) is 0 Å². The quantitative estimate of drug-likeness (QED) is 0.366. The van der Waals surface area contributed by atoms with Crippen molar-refractivity contribution in [1.29, 1.82) is 0 Å². The van der Waals surface area contributed by atoms with Crippen LogP contribution in [0.4, 0.5) is 0 Å². The summed E-state index contributed by atoms with van der Waals surface area (Å²) in [5.74, 6) is -0.742. The molecule has 25 heavy (non-hydrogen) atoms. The van der Waals surface area contributed by atoms with Crippen LogP contribution in [0.5, 0.6) is 0 Å². The highest BCUT2D eigenvalue weighted by molar-refractivity contribution is 5.98. The first kappa shape index (κ1) is 21.4. The van der Waals surface area contributed by atoms with Crippen molar-refractivity contribution < 1.29 is 24.5 Å². The molecule has 1 aliphatic rings. The number of β-amino-alcohol motifs (C(OH)–C–C–N with tert-alkyl or cyclic N) is 1. The van der Waals surface area contributed by atoms with Crippen LogP contribution in [-0.4, -0.2) is 65.2 Å². The molecule has 0 saturated carbocycles. The van der Waals surface area contributed by atoms with Gasteiger partial charge in [0, 0.05) is 13.1 Å². The number of aliphatic hydroxyl groups is 1. The highest BCUT2D eigenvalue weighted by atomic mass is 16.5. The van der Waals surface area contributed by atoms with Crippen LogP contribution < -0.4 is 0 Å². The van der Waals surface area contributed by atoms with Gasteiger partial charge in [-0.1, -0.05) is 45.4 Å². The standard InChI is InChI=1S/C18H32N2O5/c1-2-3-4-5-6-7-8-11-25-18(24)13-16-19-15(12-17(22)23)14-20(16)9-10-21/h15,21H,2-14H2,1H3,(H,22,23). The van der Waals surface area contributed by atoms with E-state index in [0.29, 0.717) is 25.5 Å². The van der Waals surface area contributed by atoms with Gasteiger partial charge in [0.15, 0.2) is 0 Å². The maximum absolute atomic E-state index is 11.9. The predicted octanol–water partition coefficient (Wildman–Crippen LogP) is 2.22. The highest BCUT2D eigenvalue weighted by Gasteiger charge is 2.28. The molecule has 7 heteroatoms. The maximum Gasteiger partial charge on any atom is 0.313 e.